The molecule has 0 bridgehead atoms. The van der Waals surface area contributed by atoms with Crippen LogP contribution in [0.3, 0.4) is 0 Å². The molecule has 8 nitrogen and oxygen atoms in total. The quantitative estimate of drug-likeness (QED) is 0.454. The average Bonchev–Trinajstić information content (AvgIpc) is 3.56. The van der Waals surface area contributed by atoms with E-state index in [0.29, 0.717) is 5.75 Å². The van der Waals surface area contributed by atoms with Gasteiger partial charge >= 0.3 is 5.69 Å². The Bertz CT molecular complexity index is 987. The summed E-state index contributed by atoms with van der Waals surface area (Å²) in [5.41, 5.74) is 0.432. The Balaban J connectivity index is 1.99. The monoisotopic (exact) mass is 420 g/mol. The molecule has 156 valence electrons. The molecule has 0 N–H and O–H groups in total. The van der Waals surface area contributed by atoms with Crippen molar-refractivity contribution in [3.8, 4) is 11.5 Å². The standard InChI is InChI=1S/C20H24N2O6S/c1-14(16-6-7-16)21(13-15-4-8-17(27-2)9-5-15)29(25,26)18-10-11-20(28-3)19(12-18)22(23)24/h4-5,8-12,14,16H,6-7,13H2,1-3H3. The van der Waals surface area contributed by atoms with Crippen molar-refractivity contribution in [3.63, 3.8) is 0 Å². The molecule has 0 heterocycles. The van der Waals surface area contributed by atoms with E-state index >= 15 is 0 Å². The highest BCUT2D eigenvalue weighted by Gasteiger charge is 2.39. The van der Waals surface area contributed by atoms with Crippen LogP contribution in [0.2, 0.25) is 0 Å². The lowest BCUT2D eigenvalue weighted by Crippen LogP contribution is -2.39. The Labute approximate surface area is 170 Å². The number of hydrogen-bond donors (Lipinski definition) is 0. The van der Waals surface area contributed by atoms with E-state index in [0.717, 1.165) is 24.5 Å². The Morgan fingerprint density at radius 1 is 1.14 bits per heavy atom. The molecule has 0 saturated heterocycles. The topological polar surface area (TPSA) is 99.0 Å². The van der Waals surface area contributed by atoms with E-state index in [9.17, 15) is 18.5 Å². The van der Waals surface area contributed by atoms with E-state index in [1.807, 2.05) is 19.1 Å². The van der Waals surface area contributed by atoms with Crippen molar-refractivity contribution >= 4 is 15.7 Å². The maximum absolute atomic E-state index is 13.4. The van der Waals surface area contributed by atoms with Gasteiger partial charge in [0, 0.05) is 18.7 Å². The second kappa shape index (κ2) is 8.38. The molecule has 0 spiro atoms. The van der Waals surface area contributed by atoms with E-state index in [1.165, 1.54) is 23.5 Å². The van der Waals surface area contributed by atoms with E-state index < -0.39 is 14.9 Å². The van der Waals surface area contributed by atoms with Crippen LogP contribution in [0.15, 0.2) is 47.4 Å². The van der Waals surface area contributed by atoms with Crippen molar-refractivity contribution in [2.24, 2.45) is 5.92 Å². The van der Waals surface area contributed by atoms with Crippen LogP contribution in [-0.4, -0.2) is 37.9 Å². The molecule has 1 aliphatic rings. The molecule has 2 aromatic rings. The molecule has 0 aliphatic heterocycles. The minimum atomic E-state index is -3.96. The summed E-state index contributed by atoms with van der Waals surface area (Å²) < 4.78 is 38.5. The number of nitro benzene ring substituents is 1. The first-order chi connectivity index (χ1) is 13.8. The van der Waals surface area contributed by atoms with Gasteiger partial charge in [-0.25, -0.2) is 8.42 Å². The van der Waals surface area contributed by atoms with Crippen LogP contribution < -0.4 is 9.47 Å². The number of benzene rings is 2. The lowest BCUT2D eigenvalue weighted by atomic mass is 10.1. The Hall–Kier alpha value is -2.65. The van der Waals surface area contributed by atoms with Crippen molar-refractivity contribution < 1.29 is 22.8 Å². The van der Waals surface area contributed by atoms with E-state index in [2.05, 4.69) is 0 Å². The number of sulfonamides is 1. The van der Waals surface area contributed by atoms with Gasteiger partial charge in [0.1, 0.15) is 5.75 Å². The lowest BCUT2D eigenvalue weighted by molar-refractivity contribution is -0.386. The molecule has 1 saturated carbocycles. The predicted molar refractivity (Wildman–Crippen MR) is 108 cm³/mol. The molecule has 1 unspecified atom stereocenters. The highest BCUT2D eigenvalue weighted by molar-refractivity contribution is 7.89. The van der Waals surface area contributed by atoms with Crippen LogP contribution in [0.25, 0.3) is 0 Å². The third-order valence-corrected chi connectivity index (χ3v) is 7.14. The van der Waals surface area contributed by atoms with Gasteiger partial charge in [-0.15, -0.1) is 0 Å². The molecule has 3 rings (SSSR count). The first kappa shape index (κ1) is 21.1. The van der Waals surface area contributed by atoms with Crippen molar-refractivity contribution in [2.75, 3.05) is 14.2 Å². The van der Waals surface area contributed by atoms with Gasteiger partial charge in [-0.2, -0.15) is 4.31 Å². The molecular weight excluding hydrogens is 396 g/mol. The molecule has 1 aliphatic carbocycles. The highest BCUT2D eigenvalue weighted by Crippen LogP contribution is 2.39. The van der Waals surface area contributed by atoms with Gasteiger partial charge in [0.25, 0.3) is 0 Å². The molecular formula is C20H24N2O6S. The first-order valence-electron chi connectivity index (χ1n) is 9.25. The number of ether oxygens (including phenoxy) is 2. The fourth-order valence-electron chi connectivity index (χ4n) is 3.28. The Kier molecular flexibility index (Phi) is 6.09. The van der Waals surface area contributed by atoms with Gasteiger partial charge in [-0.1, -0.05) is 12.1 Å². The third kappa shape index (κ3) is 4.51. The number of hydrogen-bond acceptors (Lipinski definition) is 6. The van der Waals surface area contributed by atoms with Crippen molar-refractivity contribution in [1.29, 1.82) is 0 Å². The van der Waals surface area contributed by atoms with Crippen molar-refractivity contribution in [1.82, 2.24) is 4.31 Å². The summed E-state index contributed by atoms with van der Waals surface area (Å²) in [5.74, 6) is 0.992. The van der Waals surface area contributed by atoms with Gasteiger partial charge in [-0.3, -0.25) is 10.1 Å². The fourth-order valence-corrected chi connectivity index (χ4v) is 4.98. The summed E-state index contributed by atoms with van der Waals surface area (Å²) in [4.78, 5) is 10.6. The molecule has 29 heavy (non-hydrogen) atoms. The van der Waals surface area contributed by atoms with Crippen LogP contribution >= 0.6 is 0 Å². The van der Waals surface area contributed by atoms with Crippen LogP contribution in [0, 0.1) is 16.0 Å². The molecule has 9 heteroatoms. The minimum absolute atomic E-state index is 0.0193. The summed E-state index contributed by atoms with van der Waals surface area (Å²) in [6.45, 7) is 2.06. The maximum atomic E-state index is 13.4. The first-order valence-corrected chi connectivity index (χ1v) is 10.7. The average molecular weight is 420 g/mol. The smallest absolute Gasteiger partial charge is 0.312 e. The van der Waals surface area contributed by atoms with Crippen LogP contribution in [0.5, 0.6) is 11.5 Å². The fraction of sp³-hybridized carbons (Fsp3) is 0.400. The second-order valence-corrected chi connectivity index (χ2v) is 8.96. The number of rotatable bonds is 9. The van der Waals surface area contributed by atoms with E-state index in [4.69, 9.17) is 9.47 Å². The summed E-state index contributed by atoms with van der Waals surface area (Å²) in [7, 11) is -1.08. The zero-order valence-corrected chi connectivity index (χ0v) is 17.4. The lowest BCUT2D eigenvalue weighted by Gasteiger charge is -2.28. The van der Waals surface area contributed by atoms with Crippen LogP contribution in [0.1, 0.15) is 25.3 Å². The van der Waals surface area contributed by atoms with Gasteiger partial charge in [-0.05, 0) is 55.5 Å². The van der Waals surface area contributed by atoms with Crippen LogP contribution in [-0.2, 0) is 16.6 Å². The zero-order chi connectivity index (χ0) is 21.2. The number of nitrogens with zero attached hydrogens (tertiary/aromatic N) is 2. The summed E-state index contributed by atoms with van der Waals surface area (Å²) in [5, 5.41) is 11.3. The molecule has 1 atom stereocenters. The van der Waals surface area contributed by atoms with Gasteiger partial charge < -0.3 is 9.47 Å². The summed E-state index contributed by atoms with van der Waals surface area (Å²) in [6, 6.07) is 10.7. The summed E-state index contributed by atoms with van der Waals surface area (Å²) >= 11 is 0. The number of methoxy groups -OCH3 is 2. The van der Waals surface area contributed by atoms with Crippen LogP contribution in [0.4, 0.5) is 5.69 Å². The van der Waals surface area contributed by atoms with Gasteiger partial charge in [0.05, 0.1) is 24.0 Å². The minimum Gasteiger partial charge on any atom is -0.497 e. The predicted octanol–water partition coefficient (Wildman–Crippen LogP) is 3.60. The number of nitro groups is 1. The van der Waals surface area contributed by atoms with Crippen molar-refractivity contribution in [2.45, 2.75) is 37.2 Å². The van der Waals surface area contributed by atoms with Gasteiger partial charge in [0.2, 0.25) is 10.0 Å². The van der Waals surface area contributed by atoms with E-state index in [-0.39, 0.29) is 34.8 Å². The van der Waals surface area contributed by atoms with Gasteiger partial charge in [0.15, 0.2) is 5.75 Å². The largest absolute Gasteiger partial charge is 0.497 e. The Morgan fingerprint density at radius 3 is 2.31 bits per heavy atom. The highest BCUT2D eigenvalue weighted by atomic mass is 32.2. The SMILES string of the molecule is COc1ccc(CN(C(C)C2CC2)S(=O)(=O)c2ccc(OC)c([N+](=O)[O-])c2)cc1. The van der Waals surface area contributed by atoms with Crippen molar-refractivity contribution in [3.05, 3.63) is 58.1 Å². The maximum Gasteiger partial charge on any atom is 0.312 e. The molecule has 0 amide bonds. The molecule has 0 radical (unpaired) electrons. The van der Waals surface area contributed by atoms with E-state index in [1.54, 1.807) is 19.2 Å². The zero-order valence-electron chi connectivity index (χ0n) is 16.6. The summed E-state index contributed by atoms with van der Waals surface area (Å²) in [6.07, 6.45) is 1.94. The normalized spacial score (nSPS) is 15.2. The molecule has 2 aromatic carbocycles. The second-order valence-electron chi connectivity index (χ2n) is 7.07. The Morgan fingerprint density at radius 2 is 1.79 bits per heavy atom. The molecule has 0 aromatic heterocycles. The third-order valence-electron chi connectivity index (χ3n) is 5.21. The molecule has 1 fully saturated rings.